The first-order valence-corrected chi connectivity index (χ1v) is 12.1. The number of para-hydroxylation sites is 1. The normalized spacial score (nSPS) is 13.4. The molecule has 1 aromatic carbocycles. The molecular formula is C21H17ClF3N3O2S2. The number of alkyl halides is 3. The van der Waals surface area contributed by atoms with E-state index in [-0.39, 0.29) is 15.8 Å². The summed E-state index contributed by atoms with van der Waals surface area (Å²) in [5.74, 6) is 0. The standard InChI is InChI=1S/C21H17ClF3N3O2S2/c1-12-9-13(11-27-20(12)32(2,29)30)17-7-8-18(31-17)16(10-19(26)21(23,24)25)28-15-6-4-3-5-14(15)22/h3-11H,26H2,1-2H3/b19-10-,28-16?. The van der Waals surface area contributed by atoms with E-state index in [2.05, 4.69) is 9.98 Å². The molecule has 0 atom stereocenters. The summed E-state index contributed by atoms with van der Waals surface area (Å²) >= 11 is 7.28. The average molecular weight is 500 g/mol. The predicted octanol–water partition coefficient (Wildman–Crippen LogP) is 5.70. The van der Waals surface area contributed by atoms with Gasteiger partial charge in [0.1, 0.15) is 5.70 Å². The Morgan fingerprint density at radius 3 is 2.50 bits per heavy atom. The molecule has 32 heavy (non-hydrogen) atoms. The van der Waals surface area contributed by atoms with Crippen LogP contribution in [-0.2, 0) is 9.84 Å². The van der Waals surface area contributed by atoms with E-state index in [1.165, 1.54) is 6.20 Å². The molecule has 0 bridgehead atoms. The van der Waals surface area contributed by atoms with E-state index in [1.807, 2.05) is 0 Å². The van der Waals surface area contributed by atoms with E-state index in [4.69, 9.17) is 17.3 Å². The lowest BCUT2D eigenvalue weighted by Gasteiger charge is -2.08. The molecule has 2 heterocycles. The van der Waals surface area contributed by atoms with Crippen LogP contribution in [0.5, 0.6) is 0 Å². The molecule has 3 aromatic rings. The van der Waals surface area contributed by atoms with Gasteiger partial charge in [-0.25, -0.2) is 18.4 Å². The number of thiophene rings is 1. The Kier molecular flexibility index (Phi) is 6.77. The highest BCUT2D eigenvalue weighted by Gasteiger charge is 2.32. The minimum absolute atomic E-state index is 0.0124. The lowest BCUT2D eigenvalue weighted by atomic mass is 10.2. The number of aromatic nitrogens is 1. The van der Waals surface area contributed by atoms with Crippen LogP contribution in [0.15, 0.2) is 70.5 Å². The van der Waals surface area contributed by atoms with Crippen LogP contribution >= 0.6 is 22.9 Å². The van der Waals surface area contributed by atoms with Crippen molar-refractivity contribution in [3.8, 4) is 10.4 Å². The van der Waals surface area contributed by atoms with Crippen LogP contribution in [0.3, 0.4) is 0 Å². The number of halogens is 4. The summed E-state index contributed by atoms with van der Waals surface area (Å²) in [6.45, 7) is 1.62. The fourth-order valence-corrected chi connectivity index (χ4v) is 4.79. The number of hydrogen-bond donors (Lipinski definition) is 1. The first-order valence-electron chi connectivity index (χ1n) is 9.01. The highest BCUT2D eigenvalue weighted by atomic mass is 35.5. The molecule has 0 fully saturated rings. The number of pyridine rings is 1. The number of aliphatic imine (C=N–C) groups is 1. The highest BCUT2D eigenvalue weighted by Crippen LogP contribution is 2.33. The van der Waals surface area contributed by atoms with Gasteiger partial charge in [0.15, 0.2) is 14.9 Å². The minimum atomic E-state index is -4.72. The Morgan fingerprint density at radius 2 is 1.91 bits per heavy atom. The lowest BCUT2D eigenvalue weighted by molar-refractivity contribution is -0.0925. The van der Waals surface area contributed by atoms with Crippen LogP contribution in [0.1, 0.15) is 10.4 Å². The highest BCUT2D eigenvalue weighted by molar-refractivity contribution is 7.90. The third kappa shape index (κ3) is 5.56. The molecule has 0 saturated heterocycles. The van der Waals surface area contributed by atoms with Crippen LogP contribution in [0.2, 0.25) is 5.02 Å². The topological polar surface area (TPSA) is 85.4 Å². The average Bonchev–Trinajstić information content (AvgIpc) is 3.17. The molecular weight excluding hydrogens is 483 g/mol. The van der Waals surface area contributed by atoms with E-state index in [0.717, 1.165) is 23.7 Å². The van der Waals surface area contributed by atoms with Crippen LogP contribution in [0.25, 0.3) is 10.4 Å². The maximum absolute atomic E-state index is 13.1. The fraction of sp³-hybridized carbons (Fsp3) is 0.143. The van der Waals surface area contributed by atoms with E-state index < -0.39 is 21.7 Å². The van der Waals surface area contributed by atoms with Crippen molar-refractivity contribution in [2.24, 2.45) is 10.7 Å². The molecule has 0 aliphatic carbocycles. The maximum atomic E-state index is 13.1. The number of nitrogens with zero attached hydrogens (tertiary/aromatic N) is 2. The van der Waals surface area contributed by atoms with Crippen LogP contribution in [-0.4, -0.2) is 31.5 Å². The summed E-state index contributed by atoms with van der Waals surface area (Å²) in [7, 11) is -3.47. The molecule has 168 valence electrons. The maximum Gasteiger partial charge on any atom is 0.430 e. The summed E-state index contributed by atoms with van der Waals surface area (Å²) in [5.41, 5.74) is 5.30. The Balaban J connectivity index is 2.09. The van der Waals surface area contributed by atoms with Crippen LogP contribution in [0.4, 0.5) is 18.9 Å². The molecule has 0 radical (unpaired) electrons. The molecule has 11 heteroatoms. The van der Waals surface area contributed by atoms with Gasteiger partial charge in [0.05, 0.1) is 21.3 Å². The molecule has 2 aromatic heterocycles. The van der Waals surface area contributed by atoms with Gasteiger partial charge >= 0.3 is 6.18 Å². The Hall–Kier alpha value is -2.69. The number of sulfone groups is 1. The van der Waals surface area contributed by atoms with Gasteiger partial charge in [-0.15, -0.1) is 11.3 Å². The van der Waals surface area contributed by atoms with Crippen LogP contribution in [0, 0.1) is 6.92 Å². The van der Waals surface area contributed by atoms with Gasteiger partial charge in [-0.1, -0.05) is 23.7 Å². The zero-order chi connectivity index (χ0) is 23.7. The second-order valence-corrected chi connectivity index (χ2v) is 10.3. The second-order valence-electron chi connectivity index (χ2n) is 6.83. The quantitative estimate of drug-likeness (QED) is 0.456. The van der Waals surface area contributed by atoms with Crippen LogP contribution < -0.4 is 5.73 Å². The molecule has 0 aliphatic heterocycles. The molecule has 2 N–H and O–H groups in total. The Bertz CT molecular complexity index is 1330. The van der Waals surface area contributed by atoms with Crippen molar-refractivity contribution in [2.45, 2.75) is 18.1 Å². The van der Waals surface area contributed by atoms with Gasteiger partial charge < -0.3 is 5.73 Å². The van der Waals surface area contributed by atoms with Gasteiger partial charge in [0.25, 0.3) is 0 Å². The number of allylic oxidation sites excluding steroid dienone is 2. The van der Waals surface area contributed by atoms with Crippen molar-refractivity contribution in [1.29, 1.82) is 0 Å². The number of aryl methyl sites for hydroxylation is 1. The first-order chi connectivity index (χ1) is 14.9. The van der Waals surface area contributed by atoms with Gasteiger partial charge in [-0.05, 0) is 48.9 Å². The smallest absolute Gasteiger partial charge is 0.395 e. The molecule has 0 saturated carbocycles. The molecule has 0 unspecified atom stereocenters. The van der Waals surface area contributed by atoms with E-state index >= 15 is 0 Å². The number of nitrogens with two attached hydrogens (primary N) is 1. The summed E-state index contributed by atoms with van der Waals surface area (Å²) in [5, 5.41) is 0.247. The van der Waals surface area contributed by atoms with Gasteiger partial charge in [0, 0.05) is 22.9 Å². The van der Waals surface area contributed by atoms with Crippen molar-refractivity contribution < 1.29 is 21.6 Å². The first kappa shape index (κ1) is 24.0. The molecule has 0 spiro atoms. The number of benzene rings is 1. The van der Waals surface area contributed by atoms with Gasteiger partial charge in [0.2, 0.25) is 0 Å². The number of hydrogen-bond acceptors (Lipinski definition) is 6. The van der Waals surface area contributed by atoms with Crippen molar-refractivity contribution >= 4 is 44.2 Å². The Labute approximate surface area is 192 Å². The van der Waals surface area contributed by atoms with E-state index in [0.29, 0.717) is 26.6 Å². The summed E-state index contributed by atoms with van der Waals surface area (Å²) < 4.78 is 62.8. The third-order valence-corrected chi connectivity index (χ3v) is 6.84. The molecule has 0 amide bonds. The van der Waals surface area contributed by atoms with Crippen molar-refractivity contribution in [1.82, 2.24) is 4.98 Å². The second kappa shape index (κ2) is 9.05. The summed E-state index contributed by atoms with van der Waals surface area (Å²) in [6, 6.07) is 11.4. The predicted molar refractivity (Wildman–Crippen MR) is 121 cm³/mol. The summed E-state index contributed by atoms with van der Waals surface area (Å²) in [4.78, 5) is 9.41. The molecule has 0 aliphatic rings. The third-order valence-electron chi connectivity index (χ3n) is 4.24. The Morgan fingerprint density at radius 1 is 1.22 bits per heavy atom. The largest absolute Gasteiger partial charge is 0.430 e. The monoisotopic (exact) mass is 499 g/mol. The van der Waals surface area contributed by atoms with Crippen molar-refractivity contribution in [3.63, 3.8) is 0 Å². The zero-order valence-electron chi connectivity index (χ0n) is 16.8. The van der Waals surface area contributed by atoms with Gasteiger partial charge in [-0.3, -0.25) is 0 Å². The fourth-order valence-electron chi connectivity index (χ4n) is 2.78. The molecule has 3 rings (SSSR count). The number of rotatable bonds is 5. The van der Waals surface area contributed by atoms with Gasteiger partial charge in [-0.2, -0.15) is 13.2 Å². The van der Waals surface area contributed by atoms with Crippen molar-refractivity contribution in [2.75, 3.05) is 6.26 Å². The lowest BCUT2D eigenvalue weighted by Crippen LogP contribution is -2.20. The SMILES string of the molecule is Cc1cc(-c2ccc(C(/C=C(\N)C(F)(F)F)=Nc3ccccc3Cl)s2)cnc1S(C)(=O)=O. The minimum Gasteiger partial charge on any atom is -0.395 e. The molecule has 5 nitrogen and oxygen atoms in total. The van der Waals surface area contributed by atoms with Crippen molar-refractivity contribution in [3.05, 3.63) is 75.9 Å². The van der Waals surface area contributed by atoms with E-state index in [9.17, 15) is 21.6 Å². The summed E-state index contributed by atoms with van der Waals surface area (Å²) in [6.07, 6.45) is -1.48. The van der Waals surface area contributed by atoms with E-state index in [1.54, 1.807) is 49.4 Å². The zero-order valence-corrected chi connectivity index (χ0v) is 19.2.